The Labute approximate surface area is 106 Å². The van der Waals surface area contributed by atoms with E-state index in [1.165, 1.54) is 19.2 Å². The van der Waals surface area contributed by atoms with E-state index in [0.717, 1.165) is 11.5 Å². The molecular weight excluding hydrogens is 226 g/mol. The van der Waals surface area contributed by atoms with Crippen LogP contribution in [0.4, 0.5) is 5.69 Å². The number of pyridine rings is 1. The quantitative estimate of drug-likeness (QED) is 0.895. The van der Waals surface area contributed by atoms with Crippen LogP contribution in [0.15, 0.2) is 31.0 Å². The zero-order valence-corrected chi connectivity index (χ0v) is 10.7. The lowest BCUT2D eigenvalue weighted by molar-refractivity contribution is 0.493. The fourth-order valence-corrected chi connectivity index (χ4v) is 2.05. The molecule has 1 aliphatic carbocycles. The molecule has 0 saturated heterocycles. The molecule has 0 amide bonds. The normalized spacial score (nSPS) is 18.3. The molecule has 2 aromatic heterocycles. The van der Waals surface area contributed by atoms with E-state index >= 15 is 0 Å². The van der Waals surface area contributed by atoms with Crippen molar-refractivity contribution < 1.29 is 0 Å². The van der Waals surface area contributed by atoms with Crippen LogP contribution in [0.5, 0.6) is 0 Å². The van der Waals surface area contributed by atoms with Crippen molar-refractivity contribution in [3.63, 3.8) is 0 Å². The molecule has 0 radical (unpaired) electrons. The van der Waals surface area contributed by atoms with Crippen molar-refractivity contribution in [2.75, 3.05) is 5.32 Å². The maximum absolute atomic E-state index is 4.37. The first-order chi connectivity index (χ1) is 8.69. The van der Waals surface area contributed by atoms with Crippen molar-refractivity contribution in [3.05, 3.63) is 31.0 Å². The predicted molar refractivity (Wildman–Crippen MR) is 69.6 cm³/mol. The molecule has 3 rings (SSSR count). The molecule has 94 valence electrons. The van der Waals surface area contributed by atoms with Crippen LogP contribution >= 0.6 is 0 Å². The van der Waals surface area contributed by atoms with E-state index in [2.05, 4.69) is 34.2 Å². The van der Waals surface area contributed by atoms with Gasteiger partial charge in [0.25, 0.3) is 0 Å². The Morgan fingerprint density at radius 1 is 1.44 bits per heavy atom. The lowest BCUT2D eigenvalue weighted by atomic mass is 10.0. The standard InChI is InChI=1S/C13H17N5/c1-10(13(2)5-6-13)17-11-4-3-7-15-12(11)18-9-14-8-16-18/h3-4,7-10,17H,5-6H2,1-2H3. The number of hydrogen-bond acceptors (Lipinski definition) is 4. The average Bonchev–Trinajstić information content (AvgIpc) is 2.93. The molecule has 0 aliphatic heterocycles. The van der Waals surface area contributed by atoms with Gasteiger partial charge in [-0.2, -0.15) is 5.10 Å². The van der Waals surface area contributed by atoms with Crippen molar-refractivity contribution in [1.82, 2.24) is 19.7 Å². The van der Waals surface area contributed by atoms with E-state index in [4.69, 9.17) is 0 Å². The van der Waals surface area contributed by atoms with Gasteiger partial charge in [0.15, 0.2) is 5.82 Å². The highest BCUT2D eigenvalue weighted by Gasteiger charge is 2.42. The highest BCUT2D eigenvalue weighted by molar-refractivity contribution is 5.57. The van der Waals surface area contributed by atoms with Gasteiger partial charge in [0.05, 0.1) is 5.69 Å². The highest BCUT2D eigenvalue weighted by atomic mass is 15.3. The summed E-state index contributed by atoms with van der Waals surface area (Å²) in [5.41, 5.74) is 1.43. The molecule has 1 atom stereocenters. The van der Waals surface area contributed by atoms with Crippen LogP contribution in [0.3, 0.4) is 0 Å². The molecule has 2 aromatic rings. The summed E-state index contributed by atoms with van der Waals surface area (Å²) in [5.74, 6) is 0.797. The van der Waals surface area contributed by atoms with Gasteiger partial charge in [0.2, 0.25) is 0 Å². The van der Waals surface area contributed by atoms with Gasteiger partial charge < -0.3 is 5.32 Å². The zero-order chi connectivity index (χ0) is 12.6. The lowest BCUT2D eigenvalue weighted by Gasteiger charge is -2.22. The molecule has 1 saturated carbocycles. The van der Waals surface area contributed by atoms with E-state index in [0.29, 0.717) is 11.5 Å². The van der Waals surface area contributed by atoms with E-state index < -0.39 is 0 Å². The van der Waals surface area contributed by atoms with Crippen LogP contribution in [-0.2, 0) is 0 Å². The monoisotopic (exact) mass is 243 g/mol. The summed E-state index contributed by atoms with van der Waals surface area (Å²) in [6, 6.07) is 4.40. The highest BCUT2D eigenvalue weighted by Crippen LogP contribution is 2.48. The fraction of sp³-hybridized carbons (Fsp3) is 0.462. The minimum atomic E-state index is 0.426. The minimum absolute atomic E-state index is 0.426. The number of rotatable bonds is 4. The summed E-state index contributed by atoms with van der Waals surface area (Å²) in [6.45, 7) is 4.54. The number of nitrogens with zero attached hydrogens (tertiary/aromatic N) is 4. The topological polar surface area (TPSA) is 55.6 Å². The maximum Gasteiger partial charge on any atom is 0.178 e. The molecule has 5 nitrogen and oxygen atoms in total. The number of aromatic nitrogens is 4. The molecule has 1 N–H and O–H groups in total. The average molecular weight is 243 g/mol. The first kappa shape index (κ1) is 11.2. The van der Waals surface area contributed by atoms with Gasteiger partial charge in [-0.3, -0.25) is 0 Å². The summed E-state index contributed by atoms with van der Waals surface area (Å²) in [5, 5.41) is 7.69. The van der Waals surface area contributed by atoms with Crippen LogP contribution in [-0.4, -0.2) is 25.8 Å². The molecule has 2 heterocycles. The van der Waals surface area contributed by atoms with Crippen LogP contribution in [0.2, 0.25) is 0 Å². The van der Waals surface area contributed by atoms with Crippen molar-refractivity contribution >= 4 is 5.69 Å². The second-order valence-electron chi connectivity index (χ2n) is 5.23. The van der Waals surface area contributed by atoms with Gasteiger partial charge in [-0.1, -0.05) is 6.92 Å². The van der Waals surface area contributed by atoms with Crippen molar-refractivity contribution in [2.45, 2.75) is 32.7 Å². The second kappa shape index (κ2) is 4.08. The summed E-state index contributed by atoms with van der Waals surface area (Å²) in [6.07, 6.45) is 7.53. The Morgan fingerprint density at radius 2 is 2.28 bits per heavy atom. The molecule has 0 bridgehead atoms. The van der Waals surface area contributed by atoms with Gasteiger partial charge in [0.1, 0.15) is 12.7 Å². The van der Waals surface area contributed by atoms with E-state index in [1.807, 2.05) is 12.1 Å². The van der Waals surface area contributed by atoms with Gasteiger partial charge >= 0.3 is 0 Å². The Kier molecular flexibility index (Phi) is 2.54. The molecular formula is C13H17N5. The van der Waals surface area contributed by atoms with E-state index in [-0.39, 0.29) is 0 Å². The van der Waals surface area contributed by atoms with Crippen molar-refractivity contribution in [3.8, 4) is 5.82 Å². The smallest absolute Gasteiger partial charge is 0.178 e. The second-order valence-corrected chi connectivity index (χ2v) is 5.23. The Morgan fingerprint density at radius 3 is 2.94 bits per heavy atom. The first-order valence-corrected chi connectivity index (χ1v) is 6.26. The summed E-state index contributed by atoms with van der Waals surface area (Å²) in [4.78, 5) is 8.34. The lowest BCUT2D eigenvalue weighted by Crippen LogP contribution is -2.25. The van der Waals surface area contributed by atoms with Gasteiger partial charge in [-0.15, -0.1) is 0 Å². The SMILES string of the molecule is CC(Nc1cccnc1-n1cncn1)C1(C)CC1. The Balaban J connectivity index is 1.88. The minimum Gasteiger partial charge on any atom is -0.379 e. The first-order valence-electron chi connectivity index (χ1n) is 6.26. The molecule has 0 spiro atoms. The molecule has 18 heavy (non-hydrogen) atoms. The predicted octanol–water partition coefficient (Wildman–Crippen LogP) is 2.26. The van der Waals surface area contributed by atoms with Crippen LogP contribution in [0.25, 0.3) is 5.82 Å². The van der Waals surface area contributed by atoms with Crippen LogP contribution in [0.1, 0.15) is 26.7 Å². The van der Waals surface area contributed by atoms with Crippen molar-refractivity contribution in [1.29, 1.82) is 0 Å². The maximum atomic E-state index is 4.37. The summed E-state index contributed by atoms with van der Waals surface area (Å²) >= 11 is 0. The molecule has 1 fully saturated rings. The zero-order valence-electron chi connectivity index (χ0n) is 10.7. The largest absolute Gasteiger partial charge is 0.379 e. The summed E-state index contributed by atoms with van der Waals surface area (Å²) in [7, 11) is 0. The number of hydrogen-bond donors (Lipinski definition) is 1. The van der Waals surface area contributed by atoms with Gasteiger partial charge in [0, 0.05) is 12.2 Å². The van der Waals surface area contributed by atoms with Crippen molar-refractivity contribution in [2.24, 2.45) is 5.41 Å². The van der Waals surface area contributed by atoms with Crippen LogP contribution < -0.4 is 5.32 Å². The third kappa shape index (κ3) is 1.96. The molecule has 1 unspecified atom stereocenters. The van der Waals surface area contributed by atoms with Crippen LogP contribution in [0, 0.1) is 5.41 Å². The molecule has 1 aliphatic rings. The third-order valence-electron chi connectivity index (χ3n) is 3.88. The van der Waals surface area contributed by atoms with E-state index in [1.54, 1.807) is 17.2 Å². The number of nitrogens with one attached hydrogen (secondary N) is 1. The third-order valence-corrected chi connectivity index (χ3v) is 3.88. The Hall–Kier alpha value is -1.91. The van der Waals surface area contributed by atoms with Gasteiger partial charge in [-0.25, -0.2) is 14.6 Å². The molecule has 5 heteroatoms. The van der Waals surface area contributed by atoms with E-state index in [9.17, 15) is 0 Å². The Bertz CT molecular complexity index is 530. The summed E-state index contributed by atoms with van der Waals surface area (Å²) < 4.78 is 1.68. The van der Waals surface area contributed by atoms with Gasteiger partial charge in [-0.05, 0) is 37.3 Å². The number of anilines is 1. The molecule has 0 aromatic carbocycles. The fourth-order valence-electron chi connectivity index (χ4n) is 2.05.